The van der Waals surface area contributed by atoms with Crippen molar-refractivity contribution in [3.05, 3.63) is 54.1 Å². The Bertz CT molecular complexity index is 1170. The fraction of sp³-hybridized carbons (Fsp3) is 0.435. The summed E-state index contributed by atoms with van der Waals surface area (Å²) in [5.41, 5.74) is 1.85. The van der Waals surface area contributed by atoms with Crippen LogP contribution in [0.25, 0.3) is 10.2 Å². The number of β-amino-alcohol motifs (C(OH)–C–C–N with tert-alkyl or cyclic N) is 1. The first kappa shape index (κ1) is 24.1. The maximum absolute atomic E-state index is 12.8. The van der Waals surface area contributed by atoms with Crippen LogP contribution in [0.4, 0.5) is 5.13 Å². The lowest BCUT2D eigenvalue weighted by atomic mass is 10.1. The van der Waals surface area contributed by atoms with Crippen molar-refractivity contribution >= 4 is 36.7 Å². The number of rotatable bonds is 10. The largest absolute Gasteiger partial charge is 0.396 e. The van der Waals surface area contributed by atoms with Crippen LogP contribution in [-0.2, 0) is 16.6 Å². The van der Waals surface area contributed by atoms with E-state index in [1.807, 2.05) is 18.2 Å². The van der Waals surface area contributed by atoms with Gasteiger partial charge in [-0.3, -0.25) is 4.90 Å². The van der Waals surface area contributed by atoms with Crippen molar-refractivity contribution in [2.75, 3.05) is 38.6 Å². The third-order valence-electron chi connectivity index (χ3n) is 5.92. The third kappa shape index (κ3) is 5.71. The molecule has 0 amide bonds. The zero-order chi connectivity index (χ0) is 23.4. The van der Waals surface area contributed by atoms with Crippen LogP contribution >= 0.6 is 11.3 Å². The van der Waals surface area contributed by atoms with Crippen LogP contribution in [0.3, 0.4) is 0 Å². The quantitative estimate of drug-likeness (QED) is 0.401. The predicted octanol–water partition coefficient (Wildman–Crippen LogP) is 2.35. The molecular weight excluding hydrogens is 460 g/mol. The first-order valence-corrected chi connectivity index (χ1v) is 13.3. The Labute approximate surface area is 198 Å². The number of hydrogen-bond donors (Lipinski definition) is 3. The second kappa shape index (κ2) is 10.5. The fourth-order valence-corrected chi connectivity index (χ4v) is 6.21. The molecule has 1 aliphatic rings. The number of sulfonamides is 1. The highest BCUT2D eigenvalue weighted by molar-refractivity contribution is 7.89. The number of nitrogens with one attached hydrogen (secondary N) is 1. The number of anilines is 1. The van der Waals surface area contributed by atoms with Gasteiger partial charge in [0.05, 0.1) is 21.2 Å². The highest BCUT2D eigenvalue weighted by Gasteiger charge is 2.30. The second-order valence-corrected chi connectivity index (χ2v) is 11.5. The zero-order valence-electron chi connectivity index (χ0n) is 18.6. The Morgan fingerprint density at radius 3 is 2.79 bits per heavy atom. The second-order valence-electron chi connectivity index (χ2n) is 8.39. The summed E-state index contributed by atoms with van der Waals surface area (Å²) in [5.74, 6) is 0. The molecule has 0 bridgehead atoms. The zero-order valence-corrected chi connectivity index (χ0v) is 20.2. The van der Waals surface area contributed by atoms with Crippen molar-refractivity contribution in [2.45, 2.75) is 36.4 Å². The molecule has 1 fully saturated rings. The number of fused-ring (bicyclic) bond motifs is 1. The van der Waals surface area contributed by atoms with Crippen LogP contribution in [0.15, 0.2) is 53.4 Å². The Balaban J connectivity index is 1.43. The average Bonchev–Trinajstić information content (AvgIpc) is 3.38. The molecule has 0 aliphatic carbocycles. The van der Waals surface area contributed by atoms with Crippen LogP contribution in [0.2, 0.25) is 0 Å². The van der Waals surface area contributed by atoms with E-state index in [9.17, 15) is 13.5 Å². The van der Waals surface area contributed by atoms with E-state index in [1.54, 1.807) is 18.2 Å². The minimum Gasteiger partial charge on any atom is -0.396 e. The lowest BCUT2D eigenvalue weighted by molar-refractivity contribution is 0.173. The van der Waals surface area contributed by atoms with Gasteiger partial charge in [-0.2, -0.15) is 0 Å². The standard InChI is InChI=1S/C23H30N4O4S2/c1-26(10-5-11-28)33(30,31)20-8-9-22-21(13-20)25-23(32-22)24-14-18-12-19(29)16-27(18)15-17-6-3-2-4-7-17/h2-4,6-9,13,18-19,28-29H,5,10-12,14-16H2,1H3,(H,24,25)/t18-,19-/m1/s1. The molecule has 3 N–H and O–H groups in total. The number of hydrogen-bond acceptors (Lipinski definition) is 8. The Morgan fingerprint density at radius 2 is 2.03 bits per heavy atom. The van der Waals surface area contributed by atoms with E-state index in [0.717, 1.165) is 16.4 Å². The van der Waals surface area contributed by atoms with Crippen molar-refractivity contribution in [1.82, 2.24) is 14.2 Å². The Morgan fingerprint density at radius 1 is 1.24 bits per heavy atom. The van der Waals surface area contributed by atoms with Crippen LogP contribution in [0.5, 0.6) is 0 Å². The van der Waals surface area contributed by atoms with Gasteiger partial charge in [-0.25, -0.2) is 17.7 Å². The Kier molecular flexibility index (Phi) is 7.62. The summed E-state index contributed by atoms with van der Waals surface area (Å²) >= 11 is 1.48. The van der Waals surface area contributed by atoms with Gasteiger partial charge in [0.15, 0.2) is 5.13 Å². The number of nitrogens with zero attached hydrogens (tertiary/aromatic N) is 3. The molecule has 0 radical (unpaired) electrons. The van der Waals surface area contributed by atoms with Gasteiger partial charge in [-0.15, -0.1) is 0 Å². The van der Waals surface area contributed by atoms with Gasteiger partial charge in [0.25, 0.3) is 0 Å². The Hall–Kier alpha value is -2.08. The maximum atomic E-state index is 12.8. The lowest BCUT2D eigenvalue weighted by Crippen LogP contribution is -2.34. The summed E-state index contributed by atoms with van der Waals surface area (Å²) in [7, 11) is -2.12. The van der Waals surface area contributed by atoms with E-state index in [1.165, 1.54) is 28.3 Å². The monoisotopic (exact) mass is 490 g/mol. The molecule has 1 saturated heterocycles. The van der Waals surface area contributed by atoms with E-state index in [-0.39, 0.29) is 30.2 Å². The van der Waals surface area contributed by atoms with E-state index < -0.39 is 10.0 Å². The van der Waals surface area contributed by atoms with E-state index in [4.69, 9.17) is 5.11 Å². The molecule has 2 aromatic carbocycles. The van der Waals surface area contributed by atoms with Gasteiger partial charge in [-0.05, 0) is 36.6 Å². The van der Waals surface area contributed by atoms with Gasteiger partial charge < -0.3 is 15.5 Å². The molecule has 2 atom stereocenters. The van der Waals surface area contributed by atoms with Gasteiger partial charge in [0.1, 0.15) is 0 Å². The minimum atomic E-state index is -3.63. The average molecular weight is 491 g/mol. The molecule has 3 aromatic rings. The number of aliphatic hydroxyl groups is 2. The highest BCUT2D eigenvalue weighted by atomic mass is 32.2. The molecule has 4 rings (SSSR count). The molecule has 2 heterocycles. The van der Waals surface area contributed by atoms with E-state index in [2.05, 4.69) is 27.3 Å². The van der Waals surface area contributed by atoms with Crippen LogP contribution in [0.1, 0.15) is 18.4 Å². The molecule has 10 heteroatoms. The molecule has 0 unspecified atom stereocenters. The minimum absolute atomic E-state index is 0.0548. The SMILES string of the molecule is CN(CCCO)S(=O)(=O)c1ccc2sc(NC[C@H]3C[C@@H](O)CN3Cc3ccccc3)nc2c1. The number of likely N-dealkylation sites (tertiary alicyclic amines) is 1. The van der Waals surface area contributed by atoms with Gasteiger partial charge in [-0.1, -0.05) is 41.7 Å². The van der Waals surface area contributed by atoms with Crippen molar-refractivity contribution in [3.63, 3.8) is 0 Å². The molecule has 8 nitrogen and oxygen atoms in total. The first-order valence-electron chi connectivity index (χ1n) is 11.0. The first-order chi connectivity index (χ1) is 15.9. The maximum Gasteiger partial charge on any atom is 0.242 e. The number of benzene rings is 2. The molecular formula is C23H30N4O4S2. The van der Waals surface area contributed by atoms with Crippen molar-refractivity contribution < 1.29 is 18.6 Å². The topological polar surface area (TPSA) is 106 Å². The summed E-state index contributed by atoms with van der Waals surface area (Å²) in [5, 5.41) is 23.3. The molecule has 33 heavy (non-hydrogen) atoms. The smallest absolute Gasteiger partial charge is 0.242 e. The summed E-state index contributed by atoms with van der Waals surface area (Å²) in [6.07, 6.45) is 0.749. The summed E-state index contributed by atoms with van der Waals surface area (Å²) in [6.45, 7) is 2.29. The fourth-order valence-electron chi connectivity index (χ4n) is 4.12. The van der Waals surface area contributed by atoms with Crippen molar-refractivity contribution in [2.24, 2.45) is 0 Å². The predicted molar refractivity (Wildman–Crippen MR) is 131 cm³/mol. The number of aromatic nitrogens is 1. The summed E-state index contributed by atoms with van der Waals surface area (Å²) < 4.78 is 27.7. The van der Waals surface area contributed by atoms with Crippen LogP contribution < -0.4 is 5.32 Å². The van der Waals surface area contributed by atoms with E-state index in [0.29, 0.717) is 31.4 Å². The lowest BCUT2D eigenvalue weighted by Gasteiger charge is -2.24. The van der Waals surface area contributed by atoms with E-state index >= 15 is 0 Å². The van der Waals surface area contributed by atoms with Gasteiger partial charge in [0.2, 0.25) is 10.0 Å². The van der Waals surface area contributed by atoms with Crippen molar-refractivity contribution in [1.29, 1.82) is 0 Å². The van der Waals surface area contributed by atoms with Gasteiger partial charge in [0, 0.05) is 45.9 Å². The normalized spacial score (nSPS) is 19.5. The molecule has 1 aliphatic heterocycles. The van der Waals surface area contributed by atoms with Gasteiger partial charge >= 0.3 is 0 Å². The summed E-state index contributed by atoms with van der Waals surface area (Å²) in [6, 6.07) is 15.4. The number of thiazole rings is 1. The highest BCUT2D eigenvalue weighted by Crippen LogP contribution is 2.29. The molecule has 0 saturated carbocycles. The molecule has 0 spiro atoms. The number of aliphatic hydroxyl groups excluding tert-OH is 2. The molecule has 1 aromatic heterocycles. The third-order valence-corrected chi connectivity index (χ3v) is 8.77. The van der Waals surface area contributed by atoms with Crippen LogP contribution in [0, 0.1) is 0 Å². The summed E-state index contributed by atoms with van der Waals surface area (Å²) in [4.78, 5) is 7.08. The van der Waals surface area contributed by atoms with Crippen molar-refractivity contribution in [3.8, 4) is 0 Å². The molecule has 178 valence electrons. The van der Waals surface area contributed by atoms with Crippen LogP contribution in [-0.4, -0.2) is 78.3 Å².